The maximum Gasteiger partial charge on any atom is 0.279 e. The van der Waals surface area contributed by atoms with Crippen molar-refractivity contribution in [2.45, 2.75) is 32.2 Å². The Hall–Kier alpha value is -1.65. The summed E-state index contributed by atoms with van der Waals surface area (Å²) in [6.07, 6.45) is 3.50. The molecule has 0 aliphatic heterocycles. The lowest BCUT2D eigenvalue weighted by Crippen LogP contribution is -3.10. The third-order valence-corrected chi connectivity index (χ3v) is 5.36. The second-order valence-electron chi connectivity index (χ2n) is 6.67. The molecule has 0 radical (unpaired) electrons. The highest BCUT2D eigenvalue weighted by Gasteiger charge is 2.27. The van der Waals surface area contributed by atoms with E-state index in [2.05, 4.69) is 52.6 Å². The van der Waals surface area contributed by atoms with Crippen molar-refractivity contribution >= 4 is 27.5 Å². The number of nitrogens with one attached hydrogen (secondary N) is 2. The van der Waals surface area contributed by atoms with E-state index in [0.717, 1.165) is 28.6 Å². The van der Waals surface area contributed by atoms with Gasteiger partial charge < -0.3 is 10.2 Å². The molecule has 1 aliphatic carbocycles. The summed E-state index contributed by atoms with van der Waals surface area (Å²) in [6, 6.07) is 15.0. The molecule has 0 fully saturated rings. The highest BCUT2D eigenvalue weighted by molar-refractivity contribution is 9.10. The number of fused-ring (bicyclic) bond motifs is 1. The van der Waals surface area contributed by atoms with E-state index in [0.29, 0.717) is 12.6 Å². The van der Waals surface area contributed by atoms with Gasteiger partial charge in [-0.2, -0.15) is 0 Å². The summed E-state index contributed by atoms with van der Waals surface area (Å²) in [5.41, 5.74) is 4.81. The number of hydrogen-bond donors (Lipinski definition) is 2. The minimum atomic E-state index is 0.0703. The molecule has 0 saturated carbocycles. The monoisotopic (exact) mass is 387 g/mol. The lowest BCUT2D eigenvalue weighted by Gasteiger charge is -2.30. The Morgan fingerprint density at radius 2 is 2.08 bits per heavy atom. The molecule has 2 aromatic carbocycles. The number of aryl methyl sites for hydroxylation is 2. The smallest absolute Gasteiger partial charge is 0.279 e. The van der Waals surface area contributed by atoms with E-state index >= 15 is 0 Å². The first-order chi connectivity index (χ1) is 11.5. The van der Waals surface area contributed by atoms with Crippen LogP contribution in [0.4, 0.5) is 5.69 Å². The summed E-state index contributed by atoms with van der Waals surface area (Å²) in [5, 5.41) is 3.05. The molecule has 0 aromatic heterocycles. The number of carbonyl (C=O) groups excluding carboxylic acids is 1. The van der Waals surface area contributed by atoms with E-state index in [4.69, 9.17) is 0 Å². The lowest BCUT2D eigenvalue weighted by molar-refractivity contribution is -0.905. The molecule has 4 heteroatoms. The van der Waals surface area contributed by atoms with Crippen molar-refractivity contribution in [1.29, 1.82) is 0 Å². The second-order valence-corrected chi connectivity index (χ2v) is 7.59. The van der Waals surface area contributed by atoms with Crippen molar-refractivity contribution in [3.05, 3.63) is 63.6 Å². The van der Waals surface area contributed by atoms with Crippen LogP contribution in [0.1, 0.15) is 35.6 Å². The van der Waals surface area contributed by atoms with Gasteiger partial charge in [0.15, 0.2) is 6.54 Å². The minimum absolute atomic E-state index is 0.0703. The number of rotatable bonds is 4. The molecule has 2 atom stereocenters. The maximum atomic E-state index is 12.5. The fourth-order valence-corrected chi connectivity index (χ4v) is 4.08. The molecule has 3 rings (SSSR count). The van der Waals surface area contributed by atoms with E-state index < -0.39 is 0 Å². The number of quaternary nitrogens is 1. The van der Waals surface area contributed by atoms with Crippen molar-refractivity contribution in [3.8, 4) is 0 Å². The van der Waals surface area contributed by atoms with Gasteiger partial charge in [0, 0.05) is 22.1 Å². The number of likely N-dealkylation sites (N-methyl/N-ethyl adjacent to an activating group) is 1. The Morgan fingerprint density at radius 3 is 2.88 bits per heavy atom. The van der Waals surface area contributed by atoms with Gasteiger partial charge in [0.05, 0.1) is 7.05 Å². The molecule has 0 bridgehead atoms. The lowest BCUT2D eigenvalue weighted by atomic mass is 9.87. The first kappa shape index (κ1) is 17.2. The molecular weight excluding hydrogens is 364 g/mol. The van der Waals surface area contributed by atoms with Gasteiger partial charge in [-0.15, -0.1) is 0 Å². The van der Waals surface area contributed by atoms with Crippen LogP contribution in [0.2, 0.25) is 0 Å². The average molecular weight is 388 g/mol. The Morgan fingerprint density at radius 1 is 1.29 bits per heavy atom. The van der Waals surface area contributed by atoms with Gasteiger partial charge in [0.1, 0.15) is 6.04 Å². The average Bonchev–Trinajstić information content (AvgIpc) is 2.57. The van der Waals surface area contributed by atoms with Crippen molar-refractivity contribution in [2.24, 2.45) is 0 Å². The van der Waals surface area contributed by atoms with Crippen molar-refractivity contribution in [3.63, 3.8) is 0 Å². The zero-order valence-corrected chi connectivity index (χ0v) is 15.8. The summed E-state index contributed by atoms with van der Waals surface area (Å²) in [4.78, 5) is 13.7. The summed E-state index contributed by atoms with van der Waals surface area (Å²) in [6.45, 7) is 2.49. The first-order valence-corrected chi connectivity index (χ1v) is 9.30. The predicted octanol–water partition coefficient (Wildman–Crippen LogP) is 3.29. The van der Waals surface area contributed by atoms with Crippen LogP contribution in [-0.2, 0) is 11.2 Å². The molecule has 24 heavy (non-hydrogen) atoms. The largest absolute Gasteiger partial charge is 0.323 e. The molecule has 0 saturated heterocycles. The maximum absolute atomic E-state index is 12.5. The van der Waals surface area contributed by atoms with Crippen LogP contribution in [0, 0.1) is 6.92 Å². The highest BCUT2D eigenvalue weighted by Crippen LogP contribution is 2.27. The van der Waals surface area contributed by atoms with Crippen LogP contribution >= 0.6 is 15.9 Å². The molecule has 3 nitrogen and oxygen atoms in total. The Labute approximate surface area is 152 Å². The van der Waals surface area contributed by atoms with Gasteiger partial charge in [0.2, 0.25) is 0 Å². The summed E-state index contributed by atoms with van der Waals surface area (Å²) >= 11 is 3.45. The van der Waals surface area contributed by atoms with Crippen LogP contribution in [0.5, 0.6) is 0 Å². The minimum Gasteiger partial charge on any atom is -0.323 e. The molecule has 0 heterocycles. The second kappa shape index (κ2) is 7.49. The Bertz CT molecular complexity index is 744. The summed E-state index contributed by atoms with van der Waals surface area (Å²) in [5.74, 6) is 0.0703. The van der Waals surface area contributed by atoms with E-state index in [1.807, 2.05) is 25.1 Å². The van der Waals surface area contributed by atoms with E-state index in [1.165, 1.54) is 22.4 Å². The Balaban J connectivity index is 1.67. The zero-order valence-electron chi connectivity index (χ0n) is 14.2. The van der Waals surface area contributed by atoms with Gasteiger partial charge in [-0.25, -0.2) is 0 Å². The predicted molar refractivity (Wildman–Crippen MR) is 101 cm³/mol. The standard InChI is InChI=1S/C20H23BrN2O/c1-14-12-16(21)10-11-18(14)22-20(24)13-23(2)19-9-5-7-15-6-3-4-8-17(15)19/h3-4,6,8,10-12,19H,5,7,9,13H2,1-2H3,(H,22,24)/p+1/t19-/m1/s1. The van der Waals surface area contributed by atoms with E-state index in [1.54, 1.807) is 0 Å². The number of hydrogen-bond acceptors (Lipinski definition) is 1. The van der Waals surface area contributed by atoms with Crippen LogP contribution in [0.25, 0.3) is 0 Å². The van der Waals surface area contributed by atoms with Gasteiger partial charge >= 0.3 is 0 Å². The molecule has 0 spiro atoms. The first-order valence-electron chi connectivity index (χ1n) is 8.50. The normalized spacial score (nSPS) is 17.9. The van der Waals surface area contributed by atoms with Crippen molar-refractivity contribution in [1.82, 2.24) is 0 Å². The fourth-order valence-electron chi connectivity index (χ4n) is 3.60. The molecule has 126 valence electrons. The fraction of sp³-hybridized carbons (Fsp3) is 0.350. The number of carbonyl (C=O) groups is 1. The SMILES string of the molecule is Cc1cc(Br)ccc1NC(=O)C[NH+](C)[C@@H]1CCCc2ccccc21. The van der Waals surface area contributed by atoms with Crippen LogP contribution < -0.4 is 10.2 Å². The third kappa shape index (κ3) is 3.87. The number of halogens is 1. The van der Waals surface area contributed by atoms with Gasteiger partial charge in [-0.1, -0.05) is 40.2 Å². The Kier molecular flexibility index (Phi) is 5.36. The van der Waals surface area contributed by atoms with Crippen molar-refractivity contribution < 1.29 is 9.69 Å². The molecule has 1 amide bonds. The van der Waals surface area contributed by atoms with Gasteiger partial charge in [-0.3, -0.25) is 4.79 Å². The van der Waals surface area contributed by atoms with Crippen molar-refractivity contribution in [2.75, 3.05) is 18.9 Å². The number of amides is 1. The molecular formula is C20H24BrN2O+. The van der Waals surface area contributed by atoms with Crippen LogP contribution in [0.15, 0.2) is 46.9 Å². The summed E-state index contributed by atoms with van der Waals surface area (Å²) < 4.78 is 1.03. The zero-order chi connectivity index (χ0) is 17.1. The molecule has 2 aromatic rings. The van der Waals surface area contributed by atoms with E-state index in [9.17, 15) is 4.79 Å². The van der Waals surface area contributed by atoms with Gasteiger partial charge in [-0.05, 0) is 49.1 Å². The number of anilines is 1. The molecule has 1 unspecified atom stereocenters. The van der Waals surface area contributed by atoms with Gasteiger partial charge in [0.25, 0.3) is 5.91 Å². The molecule has 1 aliphatic rings. The molecule has 2 N–H and O–H groups in total. The van der Waals surface area contributed by atoms with Crippen LogP contribution in [0.3, 0.4) is 0 Å². The summed E-state index contributed by atoms with van der Waals surface area (Å²) in [7, 11) is 2.13. The van der Waals surface area contributed by atoms with Crippen LogP contribution in [-0.4, -0.2) is 19.5 Å². The number of benzene rings is 2. The highest BCUT2D eigenvalue weighted by atomic mass is 79.9. The van der Waals surface area contributed by atoms with E-state index in [-0.39, 0.29) is 5.91 Å². The third-order valence-electron chi connectivity index (χ3n) is 4.87. The topological polar surface area (TPSA) is 33.5 Å². The quantitative estimate of drug-likeness (QED) is 0.828.